The molecule has 2 aromatic heterocycles. The van der Waals surface area contributed by atoms with Crippen molar-refractivity contribution in [3.05, 3.63) is 90.5 Å². The number of hydrogen-bond acceptors (Lipinski definition) is 3. The van der Waals surface area contributed by atoms with Crippen molar-refractivity contribution in [2.75, 3.05) is 7.11 Å². The van der Waals surface area contributed by atoms with Gasteiger partial charge in [0.1, 0.15) is 5.75 Å². The first-order valence-electron chi connectivity index (χ1n) is 9.40. The van der Waals surface area contributed by atoms with Crippen molar-refractivity contribution in [2.24, 2.45) is 0 Å². The number of rotatable bonds is 6. The highest BCUT2D eigenvalue weighted by Gasteiger charge is 2.17. The van der Waals surface area contributed by atoms with Gasteiger partial charge in [0.2, 0.25) is 0 Å². The quantitative estimate of drug-likeness (QED) is 0.471. The summed E-state index contributed by atoms with van der Waals surface area (Å²) in [6.07, 6.45) is 6.55. The number of aryl methyl sites for hydroxylation is 3. The molecule has 0 spiro atoms. The smallest absolute Gasteiger partial charge is 0.119 e. The molecule has 2 heterocycles. The lowest BCUT2D eigenvalue weighted by atomic mass is 10.00. The zero-order valence-corrected chi connectivity index (χ0v) is 16.2. The van der Waals surface area contributed by atoms with Gasteiger partial charge >= 0.3 is 0 Å². The van der Waals surface area contributed by atoms with Crippen LogP contribution in [0.3, 0.4) is 0 Å². The van der Waals surface area contributed by atoms with E-state index in [4.69, 9.17) is 9.72 Å². The van der Waals surface area contributed by atoms with E-state index < -0.39 is 0 Å². The number of ether oxygens (including phenoxy) is 1. The van der Waals surface area contributed by atoms with E-state index in [1.165, 1.54) is 16.7 Å². The molecular formula is C24H23N3O. The summed E-state index contributed by atoms with van der Waals surface area (Å²) < 4.78 is 7.64. The van der Waals surface area contributed by atoms with Crippen LogP contribution in [0.1, 0.15) is 11.1 Å². The fraction of sp³-hybridized carbons (Fsp3) is 0.167. The largest absolute Gasteiger partial charge is 0.497 e. The molecule has 4 nitrogen and oxygen atoms in total. The molecule has 0 radical (unpaired) electrons. The minimum atomic E-state index is 0.852. The van der Waals surface area contributed by atoms with E-state index in [1.807, 2.05) is 30.9 Å². The third-order valence-corrected chi connectivity index (χ3v) is 4.96. The summed E-state index contributed by atoms with van der Waals surface area (Å²) in [5.41, 5.74) is 6.87. The van der Waals surface area contributed by atoms with Gasteiger partial charge in [-0.2, -0.15) is 0 Å². The Labute approximate surface area is 165 Å². The van der Waals surface area contributed by atoms with Crippen LogP contribution in [0.5, 0.6) is 5.75 Å². The lowest BCUT2D eigenvalue weighted by molar-refractivity contribution is 0.414. The molecule has 0 fully saturated rings. The Kier molecular flexibility index (Phi) is 5.20. The van der Waals surface area contributed by atoms with Crippen LogP contribution in [0.2, 0.25) is 0 Å². The second-order valence-corrected chi connectivity index (χ2v) is 6.79. The van der Waals surface area contributed by atoms with Crippen LogP contribution in [0.4, 0.5) is 0 Å². The standard InChI is InChI=1S/C24H23N3O/c1-18-16-21(28-2)8-9-22(18)24-23(20-6-4-3-5-7-20)26-17-27(24)15-12-19-10-13-25-14-11-19/h3-11,13-14,16-17H,12,15H2,1-2H3. The van der Waals surface area contributed by atoms with Crippen LogP contribution in [-0.2, 0) is 13.0 Å². The summed E-state index contributed by atoms with van der Waals surface area (Å²) in [7, 11) is 1.70. The number of benzene rings is 2. The van der Waals surface area contributed by atoms with Crippen LogP contribution in [0.25, 0.3) is 22.5 Å². The second-order valence-electron chi connectivity index (χ2n) is 6.79. The molecule has 0 aliphatic carbocycles. The van der Waals surface area contributed by atoms with E-state index in [1.54, 1.807) is 7.11 Å². The van der Waals surface area contributed by atoms with E-state index in [2.05, 4.69) is 65.0 Å². The van der Waals surface area contributed by atoms with Gasteiger partial charge in [-0.25, -0.2) is 4.98 Å². The number of aromatic nitrogens is 3. The van der Waals surface area contributed by atoms with Crippen molar-refractivity contribution in [1.29, 1.82) is 0 Å². The van der Waals surface area contributed by atoms with Gasteiger partial charge in [-0.1, -0.05) is 30.3 Å². The van der Waals surface area contributed by atoms with Crippen molar-refractivity contribution >= 4 is 0 Å². The molecule has 28 heavy (non-hydrogen) atoms. The highest BCUT2D eigenvalue weighted by Crippen LogP contribution is 2.34. The monoisotopic (exact) mass is 369 g/mol. The Balaban J connectivity index is 1.78. The summed E-state index contributed by atoms with van der Waals surface area (Å²) >= 11 is 0. The van der Waals surface area contributed by atoms with Crippen molar-refractivity contribution < 1.29 is 4.74 Å². The maximum absolute atomic E-state index is 5.39. The first kappa shape index (κ1) is 18.0. The lowest BCUT2D eigenvalue weighted by Gasteiger charge is -2.14. The van der Waals surface area contributed by atoms with Crippen LogP contribution < -0.4 is 4.74 Å². The highest BCUT2D eigenvalue weighted by atomic mass is 16.5. The number of pyridine rings is 1. The zero-order valence-electron chi connectivity index (χ0n) is 16.2. The van der Waals surface area contributed by atoms with E-state index in [-0.39, 0.29) is 0 Å². The summed E-state index contributed by atoms with van der Waals surface area (Å²) in [5.74, 6) is 0.866. The van der Waals surface area contributed by atoms with Gasteiger partial charge < -0.3 is 9.30 Å². The minimum Gasteiger partial charge on any atom is -0.497 e. The highest BCUT2D eigenvalue weighted by molar-refractivity contribution is 5.80. The van der Waals surface area contributed by atoms with Gasteiger partial charge in [0.05, 0.1) is 24.8 Å². The van der Waals surface area contributed by atoms with E-state index in [0.717, 1.165) is 35.7 Å². The molecule has 0 saturated heterocycles. The first-order valence-corrected chi connectivity index (χ1v) is 9.40. The number of methoxy groups -OCH3 is 1. The van der Waals surface area contributed by atoms with Gasteiger partial charge in [0, 0.05) is 30.1 Å². The van der Waals surface area contributed by atoms with Crippen LogP contribution in [0.15, 0.2) is 79.4 Å². The minimum absolute atomic E-state index is 0.852. The van der Waals surface area contributed by atoms with Crippen molar-refractivity contribution in [3.63, 3.8) is 0 Å². The molecule has 0 aliphatic heterocycles. The first-order chi connectivity index (χ1) is 13.8. The maximum Gasteiger partial charge on any atom is 0.119 e. The third kappa shape index (κ3) is 3.67. The fourth-order valence-corrected chi connectivity index (χ4v) is 3.47. The summed E-state index contributed by atoms with van der Waals surface area (Å²) in [6, 6.07) is 20.7. The van der Waals surface area contributed by atoms with Gasteiger partial charge in [-0.05, 0) is 54.8 Å². The molecule has 0 atom stereocenters. The van der Waals surface area contributed by atoms with Gasteiger partial charge in [0.15, 0.2) is 0 Å². The van der Waals surface area contributed by atoms with Crippen LogP contribution in [0, 0.1) is 6.92 Å². The second kappa shape index (κ2) is 8.09. The molecule has 4 heteroatoms. The van der Waals surface area contributed by atoms with Crippen molar-refractivity contribution in [3.8, 4) is 28.3 Å². The van der Waals surface area contributed by atoms with E-state index >= 15 is 0 Å². The average molecular weight is 369 g/mol. The molecule has 4 aromatic rings. The van der Waals surface area contributed by atoms with Crippen LogP contribution in [-0.4, -0.2) is 21.6 Å². The normalized spacial score (nSPS) is 10.8. The Hall–Kier alpha value is -3.40. The molecule has 0 unspecified atom stereocenters. The predicted octanol–water partition coefficient (Wildman–Crippen LogP) is 5.17. The third-order valence-electron chi connectivity index (χ3n) is 4.96. The van der Waals surface area contributed by atoms with E-state index in [9.17, 15) is 0 Å². The molecule has 0 bridgehead atoms. The average Bonchev–Trinajstić information content (AvgIpc) is 3.17. The summed E-state index contributed by atoms with van der Waals surface area (Å²) in [6.45, 7) is 2.97. The number of imidazole rings is 1. The van der Waals surface area contributed by atoms with Crippen LogP contribution >= 0.6 is 0 Å². The number of nitrogens with zero attached hydrogens (tertiary/aromatic N) is 3. The molecule has 0 aliphatic rings. The van der Waals surface area contributed by atoms with Crippen molar-refractivity contribution in [2.45, 2.75) is 19.9 Å². The molecule has 0 N–H and O–H groups in total. The Morgan fingerprint density at radius 3 is 2.46 bits per heavy atom. The molecule has 0 saturated carbocycles. The van der Waals surface area contributed by atoms with Crippen molar-refractivity contribution in [1.82, 2.24) is 14.5 Å². The lowest BCUT2D eigenvalue weighted by Crippen LogP contribution is -2.03. The predicted molar refractivity (Wildman–Crippen MR) is 112 cm³/mol. The maximum atomic E-state index is 5.39. The number of hydrogen-bond donors (Lipinski definition) is 0. The van der Waals surface area contributed by atoms with Gasteiger partial charge in [0.25, 0.3) is 0 Å². The topological polar surface area (TPSA) is 39.9 Å². The zero-order chi connectivity index (χ0) is 19.3. The molecule has 4 rings (SSSR count). The van der Waals surface area contributed by atoms with E-state index in [0.29, 0.717) is 0 Å². The van der Waals surface area contributed by atoms with Gasteiger partial charge in [-0.3, -0.25) is 4.98 Å². The fourth-order valence-electron chi connectivity index (χ4n) is 3.47. The summed E-state index contributed by atoms with van der Waals surface area (Å²) in [5, 5.41) is 0. The molecule has 2 aromatic carbocycles. The Morgan fingerprint density at radius 1 is 0.964 bits per heavy atom. The summed E-state index contributed by atoms with van der Waals surface area (Å²) in [4.78, 5) is 8.88. The molecular weight excluding hydrogens is 346 g/mol. The molecule has 140 valence electrons. The Bertz CT molecular complexity index is 1060. The SMILES string of the molecule is COc1ccc(-c2c(-c3ccccc3)ncn2CCc2ccncc2)c(C)c1. The van der Waals surface area contributed by atoms with Gasteiger partial charge in [-0.15, -0.1) is 0 Å². The molecule has 0 amide bonds. The Morgan fingerprint density at radius 2 is 1.75 bits per heavy atom.